The van der Waals surface area contributed by atoms with E-state index in [1.54, 1.807) is 12.2 Å². The van der Waals surface area contributed by atoms with Gasteiger partial charge in [-0.15, -0.1) is 0 Å². The fraction of sp³-hybridized carbons (Fsp3) is 0.235. The molecule has 1 atom stereocenters. The molecular formula is C17H17FO. The minimum absolute atomic E-state index is 0.101. The second-order valence-electron chi connectivity index (χ2n) is 4.67. The molecule has 0 radical (unpaired) electrons. The molecular weight excluding hydrogens is 239 g/mol. The molecule has 0 aliphatic heterocycles. The SMILES string of the molecule is C=C(/C(F)=C\C=C/C)[C@@H]1CCC(=O)c2ccccc21. The maximum absolute atomic E-state index is 14.0. The minimum atomic E-state index is -0.313. The van der Waals surface area contributed by atoms with Gasteiger partial charge in [-0.1, -0.05) is 43.0 Å². The summed E-state index contributed by atoms with van der Waals surface area (Å²) in [4.78, 5) is 11.8. The smallest absolute Gasteiger partial charge is 0.163 e. The summed E-state index contributed by atoms with van der Waals surface area (Å²) in [6, 6.07) is 7.43. The third kappa shape index (κ3) is 2.73. The van der Waals surface area contributed by atoms with Crippen LogP contribution in [-0.4, -0.2) is 5.78 Å². The Balaban J connectivity index is 2.35. The van der Waals surface area contributed by atoms with Crippen LogP contribution in [0.1, 0.15) is 41.6 Å². The van der Waals surface area contributed by atoms with Gasteiger partial charge in [0.2, 0.25) is 0 Å². The molecule has 0 unspecified atom stereocenters. The lowest BCUT2D eigenvalue weighted by Crippen LogP contribution is -2.17. The average Bonchev–Trinajstić information content (AvgIpc) is 2.45. The second-order valence-corrected chi connectivity index (χ2v) is 4.67. The Kier molecular flexibility index (Phi) is 4.10. The maximum atomic E-state index is 14.0. The molecule has 0 saturated heterocycles. The summed E-state index contributed by atoms with van der Waals surface area (Å²) in [7, 11) is 0. The molecule has 0 bridgehead atoms. The summed E-state index contributed by atoms with van der Waals surface area (Å²) >= 11 is 0. The molecule has 2 rings (SSSR count). The van der Waals surface area contributed by atoms with Crippen molar-refractivity contribution in [1.29, 1.82) is 0 Å². The molecule has 0 spiro atoms. The Hall–Kier alpha value is -1.96. The number of Topliss-reactive ketones (excluding diaryl/α,β-unsaturated/α-hetero) is 1. The quantitative estimate of drug-likeness (QED) is 0.714. The second kappa shape index (κ2) is 5.79. The van der Waals surface area contributed by atoms with Gasteiger partial charge in [0.1, 0.15) is 5.83 Å². The summed E-state index contributed by atoms with van der Waals surface area (Å²) in [5, 5.41) is 0. The molecule has 1 aromatic rings. The normalized spacial score (nSPS) is 19.6. The van der Waals surface area contributed by atoms with Gasteiger partial charge >= 0.3 is 0 Å². The number of allylic oxidation sites excluding steroid dienone is 5. The first-order valence-electron chi connectivity index (χ1n) is 6.45. The third-order valence-corrected chi connectivity index (χ3v) is 3.46. The van der Waals surface area contributed by atoms with Gasteiger partial charge in [-0.25, -0.2) is 4.39 Å². The predicted octanol–water partition coefficient (Wildman–Crippen LogP) is 4.73. The number of benzene rings is 1. The van der Waals surface area contributed by atoms with E-state index >= 15 is 0 Å². The number of halogens is 1. The van der Waals surface area contributed by atoms with Crippen molar-refractivity contribution in [3.63, 3.8) is 0 Å². The summed E-state index contributed by atoms with van der Waals surface area (Å²) in [5.74, 6) is -0.278. The molecule has 0 N–H and O–H groups in total. The molecule has 98 valence electrons. The van der Waals surface area contributed by atoms with Crippen LogP contribution in [0, 0.1) is 0 Å². The molecule has 1 aliphatic rings. The van der Waals surface area contributed by atoms with Crippen LogP contribution in [0.4, 0.5) is 4.39 Å². The molecule has 1 aromatic carbocycles. The van der Waals surface area contributed by atoms with E-state index in [0.29, 0.717) is 24.0 Å². The highest BCUT2D eigenvalue weighted by Crippen LogP contribution is 2.38. The number of hydrogen-bond donors (Lipinski definition) is 0. The summed E-state index contributed by atoms with van der Waals surface area (Å²) < 4.78 is 14.0. The molecule has 0 heterocycles. The monoisotopic (exact) mass is 256 g/mol. The summed E-state index contributed by atoms with van der Waals surface area (Å²) in [6.07, 6.45) is 5.93. The lowest BCUT2D eigenvalue weighted by molar-refractivity contribution is 0.0969. The third-order valence-electron chi connectivity index (χ3n) is 3.46. The number of rotatable bonds is 3. The van der Waals surface area contributed by atoms with Crippen molar-refractivity contribution in [3.05, 3.63) is 71.6 Å². The molecule has 0 saturated carbocycles. The zero-order valence-corrected chi connectivity index (χ0v) is 11.0. The lowest BCUT2D eigenvalue weighted by Gasteiger charge is -2.25. The molecule has 1 aliphatic carbocycles. The molecule has 0 amide bonds. The zero-order chi connectivity index (χ0) is 13.8. The van der Waals surface area contributed by atoms with Crippen LogP contribution in [0.2, 0.25) is 0 Å². The van der Waals surface area contributed by atoms with Crippen LogP contribution in [-0.2, 0) is 0 Å². The number of hydrogen-bond acceptors (Lipinski definition) is 1. The topological polar surface area (TPSA) is 17.1 Å². The Morgan fingerprint density at radius 3 is 2.89 bits per heavy atom. The van der Waals surface area contributed by atoms with Crippen molar-refractivity contribution in [3.8, 4) is 0 Å². The average molecular weight is 256 g/mol. The fourth-order valence-electron chi connectivity index (χ4n) is 2.44. The van der Waals surface area contributed by atoms with Crippen LogP contribution in [0.3, 0.4) is 0 Å². The van der Waals surface area contributed by atoms with Crippen LogP contribution >= 0.6 is 0 Å². The predicted molar refractivity (Wildman–Crippen MR) is 75.9 cm³/mol. The first-order chi connectivity index (χ1) is 9.15. The molecule has 1 nitrogen and oxygen atoms in total. The van der Waals surface area contributed by atoms with Crippen molar-refractivity contribution >= 4 is 5.78 Å². The standard InChI is InChI=1S/C17H17FO/c1-3-4-9-16(18)12(2)13-10-11-17(19)15-8-6-5-7-14(13)15/h3-9,13H,2,10-11H2,1H3/b4-3-,16-9+/t13-/m0/s1. The van der Waals surface area contributed by atoms with E-state index in [4.69, 9.17) is 0 Å². The van der Waals surface area contributed by atoms with E-state index < -0.39 is 0 Å². The Morgan fingerprint density at radius 2 is 2.16 bits per heavy atom. The number of fused-ring (bicyclic) bond motifs is 1. The zero-order valence-electron chi connectivity index (χ0n) is 11.0. The largest absolute Gasteiger partial charge is 0.294 e. The Morgan fingerprint density at radius 1 is 1.42 bits per heavy atom. The van der Waals surface area contributed by atoms with Gasteiger partial charge in [0, 0.05) is 17.9 Å². The van der Waals surface area contributed by atoms with Gasteiger partial charge in [0.15, 0.2) is 5.78 Å². The first kappa shape index (κ1) is 13.5. The maximum Gasteiger partial charge on any atom is 0.163 e. The van der Waals surface area contributed by atoms with Crippen LogP contribution < -0.4 is 0 Å². The van der Waals surface area contributed by atoms with Gasteiger partial charge in [0.25, 0.3) is 0 Å². The van der Waals surface area contributed by atoms with Crippen LogP contribution in [0.5, 0.6) is 0 Å². The van der Waals surface area contributed by atoms with Gasteiger partial charge in [-0.2, -0.15) is 0 Å². The molecule has 2 heteroatoms. The molecule has 19 heavy (non-hydrogen) atoms. The van der Waals surface area contributed by atoms with E-state index in [-0.39, 0.29) is 17.5 Å². The van der Waals surface area contributed by atoms with Crippen molar-refractivity contribution in [2.24, 2.45) is 0 Å². The van der Waals surface area contributed by atoms with E-state index in [1.165, 1.54) is 6.08 Å². The van der Waals surface area contributed by atoms with E-state index in [9.17, 15) is 9.18 Å². The van der Waals surface area contributed by atoms with Crippen molar-refractivity contribution in [2.75, 3.05) is 0 Å². The number of carbonyl (C=O) groups excluding carboxylic acids is 1. The first-order valence-corrected chi connectivity index (χ1v) is 6.45. The van der Waals surface area contributed by atoms with E-state index in [2.05, 4.69) is 6.58 Å². The highest BCUT2D eigenvalue weighted by atomic mass is 19.1. The number of ketones is 1. The van der Waals surface area contributed by atoms with Crippen molar-refractivity contribution in [1.82, 2.24) is 0 Å². The summed E-state index contributed by atoms with van der Waals surface area (Å²) in [6.45, 7) is 5.70. The van der Waals surface area contributed by atoms with E-state index in [0.717, 1.165) is 5.56 Å². The number of carbonyl (C=O) groups is 1. The van der Waals surface area contributed by atoms with E-state index in [1.807, 2.05) is 31.2 Å². The highest BCUT2D eigenvalue weighted by molar-refractivity contribution is 5.99. The molecule has 0 fully saturated rings. The highest BCUT2D eigenvalue weighted by Gasteiger charge is 2.28. The van der Waals surface area contributed by atoms with Crippen molar-refractivity contribution < 1.29 is 9.18 Å². The van der Waals surface area contributed by atoms with Gasteiger partial charge < -0.3 is 0 Å². The van der Waals surface area contributed by atoms with Gasteiger partial charge in [-0.3, -0.25) is 4.79 Å². The lowest BCUT2D eigenvalue weighted by atomic mass is 9.78. The van der Waals surface area contributed by atoms with Crippen LogP contribution in [0.15, 0.2) is 60.5 Å². The Bertz CT molecular complexity index is 566. The fourth-order valence-corrected chi connectivity index (χ4v) is 2.44. The van der Waals surface area contributed by atoms with Crippen LogP contribution in [0.25, 0.3) is 0 Å². The summed E-state index contributed by atoms with van der Waals surface area (Å²) in [5.41, 5.74) is 2.06. The Labute approximate surface area is 113 Å². The van der Waals surface area contributed by atoms with Crippen molar-refractivity contribution in [2.45, 2.75) is 25.7 Å². The van der Waals surface area contributed by atoms with Gasteiger partial charge in [-0.05, 0) is 30.6 Å². The van der Waals surface area contributed by atoms with Gasteiger partial charge in [0.05, 0.1) is 0 Å². The molecule has 0 aromatic heterocycles. The minimum Gasteiger partial charge on any atom is -0.294 e.